The number of nitrogens with one attached hydrogen (secondary N) is 1. The number of hydrogen-bond acceptors (Lipinski definition) is 5. The fourth-order valence-electron chi connectivity index (χ4n) is 1.87. The second kappa shape index (κ2) is 5.62. The molecule has 0 bridgehead atoms. The second-order valence-corrected chi connectivity index (χ2v) is 4.36. The van der Waals surface area contributed by atoms with Crippen molar-refractivity contribution in [2.75, 3.05) is 11.9 Å². The van der Waals surface area contributed by atoms with Gasteiger partial charge in [-0.2, -0.15) is 0 Å². The molecule has 0 amide bonds. The third kappa shape index (κ3) is 2.79. The number of benzene rings is 1. The first-order valence-corrected chi connectivity index (χ1v) is 6.14. The summed E-state index contributed by atoms with van der Waals surface area (Å²) in [6.45, 7) is 2.65. The van der Waals surface area contributed by atoms with E-state index in [-0.39, 0.29) is 11.7 Å². The van der Waals surface area contributed by atoms with Crippen LogP contribution < -0.4 is 11.1 Å². The molecule has 6 heteroatoms. The van der Waals surface area contributed by atoms with Crippen LogP contribution in [0.25, 0.3) is 10.8 Å². The summed E-state index contributed by atoms with van der Waals surface area (Å²) in [7, 11) is 0. The molecule has 19 heavy (non-hydrogen) atoms. The number of nitrogens with zero attached hydrogens (tertiary/aromatic N) is 2. The van der Waals surface area contributed by atoms with Crippen LogP contribution in [0.1, 0.15) is 13.3 Å². The quantitative estimate of drug-likeness (QED) is 0.635. The van der Waals surface area contributed by atoms with E-state index in [9.17, 15) is 10.1 Å². The van der Waals surface area contributed by atoms with Gasteiger partial charge in [0.2, 0.25) is 0 Å². The highest BCUT2D eigenvalue weighted by Crippen LogP contribution is 2.30. The molecule has 0 saturated carbocycles. The highest BCUT2D eigenvalue weighted by atomic mass is 16.6. The predicted octanol–water partition coefficient (Wildman–Crippen LogP) is 2.29. The van der Waals surface area contributed by atoms with Gasteiger partial charge < -0.3 is 11.1 Å². The van der Waals surface area contributed by atoms with Gasteiger partial charge in [-0.15, -0.1) is 0 Å². The average molecular weight is 260 g/mol. The second-order valence-electron chi connectivity index (χ2n) is 4.36. The van der Waals surface area contributed by atoms with Crippen molar-refractivity contribution in [3.8, 4) is 0 Å². The van der Waals surface area contributed by atoms with Gasteiger partial charge in [0.05, 0.1) is 10.3 Å². The van der Waals surface area contributed by atoms with Crippen molar-refractivity contribution in [1.29, 1.82) is 0 Å². The highest BCUT2D eigenvalue weighted by molar-refractivity contribution is 5.99. The van der Waals surface area contributed by atoms with Crippen LogP contribution in [0, 0.1) is 10.1 Å². The number of aromatic nitrogens is 1. The molecule has 100 valence electrons. The Kier molecular flexibility index (Phi) is 3.91. The molecule has 0 radical (unpaired) electrons. The number of pyridine rings is 1. The van der Waals surface area contributed by atoms with Gasteiger partial charge in [0.25, 0.3) is 5.69 Å². The Morgan fingerprint density at radius 2 is 2.21 bits per heavy atom. The lowest BCUT2D eigenvalue weighted by molar-refractivity contribution is -0.383. The van der Waals surface area contributed by atoms with Gasteiger partial charge >= 0.3 is 0 Å². The molecular weight excluding hydrogens is 244 g/mol. The minimum absolute atomic E-state index is 0.0621. The molecule has 0 aliphatic heterocycles. The van der Waals surface area contributed by atoms with Crippen molar-refractivity contribution in [3.63, 3.8) is 0 Å². The zero-order chi connectivity index (χ0) is 13.8. The number of nitro benzene ring substituents is 1. The first kappa shape index (κ1) is 13.2. The Balaban J connectivity index is 2.41. The molecule has 1 aromatic heterocycles. The molecule has 0 spiro atoms. The van der Waals surface area contributed by atoms with Crippen molar-refractivity contribution in [2.24, 2.45) is 5.73 Å². The third-order valence-corrected chi connectivity index (χ3v) is 3.07. The van der Waals surface area contributed by atoms with Crippen LogP contribution in [0.5, 0.6) is 0 Å². The van der Waals surface area contributed by atoms with E-state index in [0.717, 1.165) is 17.5 Å². The predicted molar refractivity (Wildman–Crippen MR) is 75.2 cm³/mol. The SMILES string of the molecule is CCC(N)CNc1ccc([N+](=O)[O-])c2cnccc12. The fraction of sp³-hybridized carbons (Fsp3) is 0.308. The lowest BCUT2D eigenvalue weighted by atomic mass is 10.1. The minimum atomic E-state index is -0.397. The van der Waals surface area contributed by atoms with E-state index in [1.165, 1.54) is 12.3 Å². The van der Waals surface area contributed by atoms with Gasteiger partial charge in [-0.1, -0.05) is 6.92 Å². The Morgan fingerprint density at radius 1 is 1.42 bits per heavy atom. The minimum Gasteiger partial charge on any atom is -0.383 e. The summed E-state index contributed by atoms with van der Waals surface area (Å²) in [5.41, 5.74) is 6.76. The molecule has 2 rings (SSSR count). The van der Waals surface area contributed by atoms with Crippen molar-refractivity contribution in [1.82, 2.24) is 4.98 Å². The van der Waals surface area contributed by atoms with Crippen molar-refractivity contribution < 1.29 is 4.92 Å². The molecule has 1 unspecified atom stereocenters. The van der Waals surface area contributed by atoms with Crippen LogP contribution in [-0.4, -0.2) is 22.5 Å². The van der Waals surface area contributed by atoms with Crippen molar-refractivity contribution in [2.45, 2.75) is 19.4 Å². The maximum atomic E-state index is 11.0. The Labute approximate surface area is 110 Å². The molecule has 1 heterocycles. The molecule has 1 atom stereocenters. The lowest BCUT2D eigenvalue weighted by Gasteiger charge is -2.13. The van der Waals surface area contributed by atoms with E-state index in [0.29, 0.717) is 11.9 Å². The summed E-state index contributed by atoms with van der Waals surface area (Å²) in [6.07, 6.45) is 4.01. The molecule has 6 nitrogen and oxygen atoms in total. The molecular formula is C13H16N4O2. The number of nitrogens with two attached hydrogens (primary N) is 1. The van der Waals surface area contributed by atoms with E-state index < -0.39 is 4.92 Å². The molecule has 1 aromatic carbocycles. The Morgan fingerprint density at radius 3 is 2.89 bits per heavy atom. The number of hydrogen-bond donors (Lipinski definition) is 2. The van der Waals surface area contributed by atoms with Crippen molar-refractivity contribution >= 4 is 22.1 Å². The zero-order valence-corrected chi connectivity index (χ0v) is 10.7. The summed E-state index contributed by atoms with van der Waals surface area (Å²) in [5, 5.41) is 15.5. The van der Waals surface area contributed by atoms with Crippen LogP contribution in [0.3, 0.4) is 0 Å². The van der Waals surface area contributed by atoms with Gasteiger partial charge in [0.1, 0.15) is 0 Å². The topological polar surface area (TPSA) is 94.1 Å². The van der Waals surface area contributed by atoms with Crippen molar-refractivity contribution in [3.05, 3.63) is 40.7 Å². The van der Waals surface area contributed by atoms with Crippen LogP contribution in [-0.2, 0) is 0 Å². The number of anilines is 1. The van der Waals surface area contributed by atoms with E-state index in [2.05, 4.69) is 10.3 Å². The lowest BCUT2D eigenvalue weighted by Crippen LogP contribution is -2.28. The van der Waals surface area contributed by atoms with Crippen LogP contribution in [0.15, 0.2) is 30.6 Å². The van der Waals surface area contributed by atoms with Crippen LogP contribution in [0.4, 0.5) is 11.4 Å². The molecule has 0 fully saturated rings. The van der Waals surface area contributed by atoms with Gasteiger partial charge in [-0.05, 0) is 18.6 Å². The van der Waals surface area contributed by atoms with Crippen LogP contribution in [0.2, 0.25) is 0 Å². The van der Waals surface area contributed by atoms with E-state index in [4.69, 9.17) is 5.73 Å². The van der Waals surface area contributed by atoms with Crippen LogP contribution >= 0.6 is 0 Å². The van der Waals surface area contributed by atoms with E-state index in [1.807, 2.05) is 6.92 Å². The number of nitro groups is 1. The molecule has 0 saturated heterocycles. The van der Waals surface area contributed by atoms with Gasteiger partial charge in [-0.25, -0.2) is 0 Å². The smallest absolute Gasteiger partial charge is 0.278 e. The summed E-state index contributed by atoms with van der Waals surface area (Å²) < 4.78 is 0. The first-order chi connectivity index (χ1) is 9.13. The summed E-state index contributed by atoms with van der Waals surface area (Å²) in [6, 6.07) is 5.03. The van der Waals surface area contributed by atoms with Gasteiger partial charge in [0, 0.05) is 42.1 Å². The highest BCUT2D eigenvalue weighted by Gasteiger charge is 2.14. The molecule has 2 aromatic rings. The molecule has 3 N–H and O–H groups in total. The average Bonchev–Trinajstić information content (AvgIpc) is 2.43. The van der Waals surface area contributed by atoms with Gasteiger partial charge in [-0.3, -0.25) is 15.1 Å². The maximum absolute atomic E-state index is 11.0. The zero-order valence-electron chi connectivity index (χ0n) is 10.7. The fourth-order valence-corrected chi connectivity index (χ4v) is 1.87. The molecule has 0 aliphatic rings. The summed E-state index contributed by atoms with van der Waals surface area (Å²) >= 11 is 0. The summed E-state index contributed by atoms with van der Waals surface area (Å²) in [4.78, 5) is 14.5. The third-order valence-electron chi connectivity index (χ3n) is 3.07. The number of fused-ring (bicyclic) bond motifs is 1. The Hall–Kier alpha value is -2.21. The Bertz CT molecular complexity index is 600. The van der Waals surface area contributed by atoms with Gasteiger partial charge in [0.15, 0.2) is 0 Å². The maximum Gasteiger partial charge on any atom is 0.278 e. The number of non-ortho nitro benzene ring substituents is 1. The first-order valence-electron chi connectivity index (χ1n) is 6.14. The monoisotopic (exact) mass is 260 g/mol. The standard InChI is InChI=1S/C13H16N4O2/c1-2-9(14)7-16-12-3-4-13(17(18)19)11-8-15-6-5-10(11)12/h3-6,8-9,16H,2,7,14H2,1H3. The largest absolute Gasteiger partial charge is 0.383 e. The number of rotatable bonds is 5. The molecule has 0 aliphatic carbocycles. The van der Waals surface area contributed by atoms with E-state index >= 15 is 0 Å². The summed E-state index contributed by atoms with van der Waals surface area (Å²) in [5.74, 6) is 0. The van der Waals surface area contributed by atoms with E-state index in [1.54, 1.807) is 18.3 Å². The normalized spacial score (nSPS) is 12.3.